The van der Waals surface area contributed by atoms with Crippen molar-refractivity contribution >= 4 is 11.3 Å². The molecule has 4 rings (SSSR count). The zero-order chi connectivity index (χ0) is 8.67. The van der Waals surface area contributed by atoms with Crippen molar-refractivity contribution in [2.24, 2.45) is 0 Å². The second-order valence-electron chi connectivity index (χ2n) is 3.72. The molecule has 13 heavy (non-hydrogen) atoms. The molecule has 1 aromatic rings. The van der Waals surface area contributed by atoms with E-state index in [0.29, 0.717) is 6.04 Å². The maximum Gasteiger partial charge on any atom is 0.111 e. The number of thiazole rings is 1. The zero-order valence-electron chi connectivity index (χ0n) is 7.52. The molecule has 0 saturated carbocycles. The van der Waals surface area contributed by atoms with E-state index in [9.17, 15) is 0 Å². The molecule has 0 aliphatic carbocycles. The van der Waals surface area contributed by atoms with Crippen molar-refractivity contribution in [2.45, 2.75) is 6.04 Å². The SMILES string of the molecule is c1csc(C2CN3CCN2CC3)n1. The van der Waals surface area contributed by atoms with Crippen molar-refractivity contribution in [3.8, 4) is 0 Å². The minimum atomic E-state index is 0.586. The predicted octanol–water partition coefficient (Wildman–Crippen LogP) is 0.815. The molecule has 3 nitrogen and oxygen atoms in total. The van der Waals surface area contributed by atoms with Crippen LogP contribution < -0.4 is 0 Å². The average Bonchev–Trinajstić information content (AvgIpc) is 2.72. The molecule has 1 atom stereocenters. The van der Waals surface area contributed by atoms with E-state index in [1.54, 1.807) is 11.3 Å². The Morgan fingerprint density at radius 1 is 1.31 bits per heavy atom. The minimum Gasteiger partial charge on any atom is -0.299 e. The van der Waals surface area contributed by atoms with Gasteiger partial charge < -0.3 is 0 Å². The van der Waals surface area contributed by atoms with Crippen LogP contribution in [0.3, 0.4) is 0 Å². The van der Waals surface area contributed by atoms with Crippen molar-refractivity contribution < 1.29 is 0 Å². The largest absolute Gasteiger partial charge is 0.299 e. The number of aromatic nitrogens is 1. The number of piperazine rings is 3. The summed E-state index contributed by atoms with van der Waals surface area (Å²) in [7, 11) is 0. The van der Waals surface area contributed by atoms with E-state index in [1.165, 1.54) is 37.7 Å². The molecule has 0 amide bonds. The molecule has 4 heterocycles. The lowest BCUT2D eigenvalue weighted by atomic mass is 10.1. The van der Waals surface area contributed by atoms with Gasteiger partial charge in [0, 0.05) is 44.3 Å². The molecule has 0 N–H and O–H groups in total. The molecule has 0 spiro atoms. The Balaban J connectivity index is 1.85. The summed E-state index contributed by atoms with van der Waals surface area (Å²) >= 11 is 1.79. The molecule has 4 heteroatoms. The molecule has 1 aromatic heterocycles. The Morgan fingerprint density at radius 2 is 2.15 bits per heavy atom. The van der Waals surface area contributed by atoms with Gasteiger partial charge in [-0.25, -0.2) is 4.98 Å². The van der Waals surface area contributed by atoms with Gasteiger partial charge in [-0.3, -0.25) is 9.80 Å². The Hall–Kier alpha value is -0.450. The first-order valence-corrected chi connectivity index (χ1v) is 5.67. The van der Waals surface area contributed by atoms with Gasteiger partial charge in [-0.15, -0.1) is 11.3 Å². The van der Waals surface area contributed by atoms with Gasteiger partial charge in [0.2, 0.25) is 0 Å². The van der Waals surface area contributed by atoms with Crippen LogP contribution in [0.4, 0.5) is 0 Å². The van der Waals surface area contributed by atoms with Crippen molar-refractivity contribution in [3.05, 3.63) is 16.6 Å². The first-order chi connectivity index (χ1) is 6.43. The summed E-state index contributed by atoms with van der Waals surface area (Å²) in [4.78, 5) is 9.52. The molecule has 0 radical (unpaired) electrons. The van der Waals surface area contributed by atoms with Gasteiger partial charge in [-0.05, 0) is 0 Å². The van der Waals surface area contributed by atoms with Crippen molar-refractivity contribution in [1.29, 1.82) is 0 Å². The Morgan fingerprint density at radius 3 is 2.69 bits per heavy atom. The fraction of sp³-hybridized carbons (Fsp3) is 0.667. The van der Waals surface area contributed by atoms with Crippen molar-refractivity contribution in [3.63, 3.8) is 0 Å². The lowest BCUT2D eigenvalue weighted by Gasteiger charge is -2.46. The number of hydrogen-bond acceptors (Lipinski definition) is 4. The normalized spacial score (nSPS) is 38.0. The average molecular weight is 195 g/mol. The van der Waals surface area contributed by atoms with Crippen LogP contribution in [-0.2, 0) is 0 Å². The number of nitrogens with zero attached hydrogens (tertiary/aromatic N) is 3. The van der Waals surface area contributed by atoms with Crippen LogP contribution >= 0.6 is 11.3 Å². The molecule has 3 saturated heterocycles. The quantitative estimate of drug-likeness (QED) is 0.661. The first-order valence-electron chi connectivity index (χ1n) is 4.79. The van der Waals surface area contributed by atoms with Gasteiger partial charge in [0.25, 0.3) is 0 Å². The van der Waals surface area contributed by atoms with E-state index >= 15 is 0 Å². The van der Waals surface area contributed by atoms with Crippen molar-refractivity contribution in [2.75, 3.05) is 32.7 Å². The fourth-order valence-corrected chi connectivity index (χ4v) is 3.01. The molecule has 3 fully saturated rings. The standard InChI is InChI=1S/C9H13N3S/c1-6-13-9(10-1)8-7-11-2-4-12(8)5-3-11/h1,6,8H,2-5,7H2. The molecule has 3 aliphatic heterocycles. The number of fused-ring (bicyclic) bond motifs is 3. The van der Waals surface area contributed by atoms with Gasteiger partial charge in [-0.1, -0.05) is 0 Å². The highest BCUT2D eigenvalue weighted by Gasteiger charge is 2.33. The monoisotopic (exact) mass is 195 g/mol. The zero-order valence-corrected chi connectivity index (χ0v) is 8.33. The third-order valence-corrected chi connectivity index (χ3v) is 3.89. The first kappa shape index (κ1) is 7.91. The molecule has 1 unspecified atom stereocenters. The summed E-state index contributed by atoms with van der Waals surface area (Å²) in [6, 6.07) is 0.586. The topological polar surface area (TPSA) is 19.4 Å². The highest BCUT2D eigenvalue weighted by molar-refractivity contribution is 7.09. The Labute approximate surface area is 82.0 Å². The van der Waals surface area contributed by atoms with E-state index in [2.05, 4.69) is 20.2 Å². The van der Waals surface area contributed by atoms with Gasteiger partial charge in [0.15, 0.2) is 0 Å². The third-order valence-electron chi connectivity index (χ3n) is 3.02. The van der Waals surface area contributed by atoms with Crippen LogP contribution in [0.25, 0.3) is 0 Å². The smallest absolute Gasteiger partial charge is 0.111 e. The van der Waals surface area contributed by atoms with E-state index < -0.39 is 0 Å². The summed E-state index contributed by atoms with van der Waals surface area (Å²) in [5.41, 5.74) is 0. The van der Waals surface area contributed by atoms with E-state index in [1.807, 2.05) is 6.20 Å². The maximum atomic E-state index is 4.41. The van der Waals surface area contributed by atoms with Crippen LogP contribution in [0.2, 0.25) is 0 Å². The van der Waals surface area contributed by atoms with Gasteiger partial charge in [0.05, 0.1) is 6.04 Å². The summed E-state index contributed by atoms with van der Waals surface area (Å²) in [6.45, 7) is 6.14. The molecular formula is C9H13N3S. The molecule has 3 aliphatic rings. The van der Waals surface area contributed by atoms with Gasteiger partial charge in [-0.2, -0.15) is 0 Å². The van der Waals surface area contributed by atoms with Crippen LogP contribution in [-0.4, -0.2) is 47.5 Å². The Kier molecular flexibility index (Phi) is 1.85. The second-order valence-corrected chi connectivity index (χ2v) is 4.65. The minimum absolute atomic E-state index is 0.586. The number of hydrogen-bond donors (Lipinski definition) is 0. The van der Waals surface area contributed by atoms with E-state index in [4.69, 9.17) is 0 Å². The van der Waals surface area contributed by atoms with E-state index in [0.717, 1.165) is 0 Å². The van der Waals surface area contributed by atoms with E-state index in [-0.39, 0.29) is 0 Å². The lowest BCUT2D eigenvalue weighted by Crippen LogP contribution is -2.56. The van der Waals surface area contributed by atoms with Crippen LogP contribution in [0.15, 0.2) is 11.6 Å². The summed E-state index contributed by atoms with van der Waals surface area (Å²) < 4.78 is 0. The molecule has 2 bridgehead atoms. The van der Waals surface area contributed by atoms with Crippen LogP contribution in [0, 0.1) is 0 Å². The summed E-state index contributed by atoms with van der Waals surface area (Å²) in [5, 5.41) is 3.37. The number of rotatable bonds is 1. The van der Waals surface area contributed by atoms with Crippen LogP contribution in [0.1, 0.15) is 11.0 Å². The van der Waals surface area contributed by atoms with Crippen molar-refractivity contribution in [1.82, 2.24) is 14.8 Å². The van der Waals surface area contributed by atoms with Crippen LogP contribution in [0.5, 0.6) is 0 Å². The lowest BCUT2D eigenvalue weighted by molar-refractivity contribution is 0.0123. The second kappa shape index (κ2) is 3.04. The van der Waals surface area contributed by atoms with Gasteiger partial charge in [0.1, 0.15) is 5.01 Å². The molecule has 70 valence electrons. The fourth-order valence-electron chi connectivity index (χ4n) is 2.25. The highest BCUT2D eigenvalue weighted by atomic mass is 32.1. The molecular weight excluding hydrogens is 182 g/mol. The predicted molar refractivity (Wildman–Crippen MR) is 52.9 cm³/mol. The maximum absolute atomic E-state index is 4.41. The summed E-state index contributed by atoms with van der Waals surface area (Å²) in [6.07, 6.45) is 1.92. The highest BCUT2D eigenvalue weighted by Crippen LogP contribution is 2.29. The summed E-state index contributed by atoms with van der Waals surface area (Å²) in [5.74, 6) is 0. The third kappa shape index (κ3) is 1.29. The van der Waals surface area contributed by atoms with Gasteiger partial charge >= 0.3 is 0 Å². The Bertz CT molecular complexity index is 277. The molecule has 0 aromatic carbocycles.